The third kappa shape index (κ3) is 9.24. The van der Waals surface area contributed by atoms with Gasteiger partial charge >= 0.3 is 0 Å². The van der Waals surface area contributed by atoms with Crippen LogP contribution in [0.1, 0.15) is 170 Å². The average Bonchev–Trinajstić information content (AvgIpc) is 3.23. The summed E-state index contributed by atoms with van der Waals surface area (Å²) < 4.78 is 0. The normalized spacial score (nSPS) is 19.1. The average molecular weight is 731 g/mol. The number of hydrogen-bond donors (Lipinski definition) is 2. The topological polar surface area (TPSA) is 98.8 Å². The summed E-state index contributed by atoms with van der Waals surface area (Å²) in [6.45, 7) is 0. The highest BCUT2D eigenvalue weighted by molar-refractivity contribution is 6.06. The highest BCUT2D eigenvalue weighted by Gasteiger charge is 2.34. The fourth-order valence-corrected chi connectivity index (χ4v) is 9.57. The van der Waals surface area contributed by atoms with Gasteiger partial charge in [0.1, 0.15) is 0 Å². The first-order chi connectivity index (χ1) is 26.4. The van der Waals surface area contributed by atoms with Gasteiger partial charge in [0.05, 0.1) is 0 Å². The predicted molar refractivity (Wildman–Crippen MR) is 215 cm³/mol. The molecule has 0 bridgehead atoms. The molecule has 4 aliphatic carbocycles. The summed E-state index contributed by atoms with van der Waals surface area (Å²) in [5.74, 6) is -0.331. The quantitative estimate of drug-likeness (QED) is 0.217. The Kier molecular flexibility index (Phi) is 12.8. The van der Waals surface area contributed by atoms with Crippen LogP contribution in [0.5, 0.6) is 0 Å². The zero-order valence-corrected chi connectivity index (χ0v) is 31.9. The summed E-state index contributed by atoms with van der Waals surface area (Å²) in [4.78, 5) is 58.5. The van der Waals surface area contributed by atoms with Crippen molar-refractivity contribution in [1.82, 2.24) is 9.80 Å². The van der Waals surface area contributed by atoms with E-state index < -0.39 is 0 Å². The number of amides is 4. The van der Waals surface area contributed by atoms with Crippen molar-refractivity contribution in [2.24, 2.45) is 0 Å². The van der Waals surface area contributed by atoms with Crippen LogP contribution in [0.15, 0.2) is 72.8 Å². The van der Waals surface area contributed by atoms with E-state index in [0.717, 1.165) is 51.4 Å². The molecule has 0 spiro atoms. The molecule has 4 aliphatic rings. The molecule has 4 saturated carbocycles. The van der Waals surface area contributed by atoms with Crippen LogP contribution in [0.3, 0.4) is 0 Å². The number of carbonyl (C=O) groups excluding carboxylic acids is 4. The Morgan fingerprint density at radius 3 is 0.852 bits per heavy atom. The largest absolute Gasteiger partial charge is 0.333 e. The van der Waals surface area contributed by atoms with Crippen molar-refractivity contribution < 1.29 is 19.2 Å². The lowest BCUT2D eigenvalue weighted by molar-refractivity contribution is 0.0441. The number of benzene rings is 3. The molecule has 0 atom stereocenters. The van der Waals surface area contributed by atoms with E-state index in [-0.39, 0.29) is 23.6 Å². The minimum Gasteiger partial charge on any atom is -0.333 e. The van der Waals surface area contributed by atoms with E-state index in [0.29, 0.717) is 57.8 Å². The van der Waals surface area contributed by atoms with E-state index in [1.54, 1.807) is 72.8 Å². The molecule has 7 rings (SSSR count). The Morgan fingerprint density at radius 2 is 0.593 bits per heavy atom. The van der Waals surface area contributed by atoms with Crippen LogP contribution in [0.2, 0.25) is 0 Å². The summed E-state index contributed by atoms with van der Waals surface area (Å²) in [6.07, 6.45) is 23.2. The molecule has 0 unspecified atom stereocenters. The van der Waals surface area contributed by atoms with Crippen LogP contribution in [-0.4, -0.2) is 57.6 Å². The lowest BCUT2D eigenvalue weighted by Crippen LogP contribution is -2.48. The molecule has 286 valence electrons. The van der Waals surface area contributed by atoms with Crippen molar-refractivity contribution in [3.05, 3.63) is 95.1 Å². The molecule has 0 aromatic heterocycles. The van der Waals surface area contributed by atoms with Crippen molar-refractivity contribution in [2.75, 3.05) is 10.6 Å². The molecule has 0 radical (unpaired) electrons. The molecular weight excluding hydrogens is 673 g/mol. The van der Waals surface area contributed by atoms with Crippen molar-refractivity contribution in [1.29, 1.82) is 0 Å². The van der Waals surface area contributed by atoms with Gasteiger partial charge in [-0.2, -0.15) is 0 Å². The molecule has 0 aliphatic heterocycles. The van der Waals surface area contributed by atoms with E-state index >= 15 is 0 Å². The van der Waals surface area contributed by atoms with Gasteiger partial charge in [-0.15, -0.1) is 0 Å². The summed E-state index contributed by atoms with van der Waals surface area (Å²) in [5, 5.41) is 5.87. The third-order valence-corrected chi connectivity index (χ3v) is 12.5. The first-order valence-electron chi connectivity index (χ1n) is 21.0. The second kappa shape index (κ2) is 18.2. The molecule has 3 aromatic carbocycles. The van der Waals surface area contributed by atoms with Crippen molar-refractivity contribution in [3.63, 3.8) is 0 Å². The van der Waals surface area contributed by atoms with E-state index in [1.807, 2.05) is 0 Å². The first kappa shape index (κ1) is 37.8. The summed E-state index contributed by atoms with van der Waals surface area (Å²) in [7, 11) is 0. The Hall–Kier alpha value is -4.46. The van der Waals surface area contributed by atoms with Crippen LogP contribution in [0.4, 0.5) is 11.4 Å². The number of hydrogen-bond acceptors (Lipinski definition) is 4. The molecular formula is C46H58N4O4. The van der Waals surface area contributed by atoms with Crippen molar-refractivity contribution >= 4 is 35.0 Å². The molecule has 4 amide bonds. The minimum absolute atomic E-state index is 0.0961. The van der Waals surface area contributed by atoms with E-state index in [2.05, 4.69) is 20.4 Å². The lowest BCUT2D eigenvalue weighted by Gasteiger charge is -2.42. The summed E-state index contributed by atoms with van der Waals surface area (Å²) in [5.41, 5.74) is 3.45. The van der Waals surface area contributed by atoms with Gasteiger partial charge in [0.25, 0.3) is 23.6 Å². The molecule has 0 saturated heterocycles. The first-order valence-corrected chi connectivity index (χ1v) is 21.0. The monoisotopic (exact) mass is 730 g/mol. The fraction of sp³-hybridized carbons (Fsp3) is 0.522. The SMILES string of the molecule is O=C(Nc1ccc(NC(=O)c2ccc(C(=O)N(C3CCCCC3)C3CCCCC3)cc2)cc1)c1ccc(C(=O)N(C2CCCCC2)C2CCCCC2)cc1. The third-order valence-electron chi connectivity index (χ3n) is 12.5. The molecule has 2 N–H and O–H groups in total. The van der Waals surface area contributed by atoms with Crippen LogP contribution >= 0.6 is 0 Å². The number of rotatable bonds is 10. The maximum Gasteiger partial charge on any atom is 0.255 e. The Balaban J connectivity index is 0.934. The van der Waals surface area contributed by atoms with Crippen molar-refractivity contribution in [3.8, 4) is 0 Å². The standard InChI is InChI=1S/C46H58N4O4/c51-43(33-21-25-35(26-22-33)45(53)49(39-13-5-1-6-14-39)40-15-7-2-8-16-40)47-37-29-31-38(32-30-37)48-44(52)34-23-27-36(28-24-34)46(54)50(41-17-9-3-10-18-41)42-19-11-4-12-20-42/h21-32,39-42H,1-20H2,(H,47,51)(H,48,52). The van der Waals surface area contributed by atoms with E-state index in [4.69, 9.17) is 0 Å². The number of carbonyl (C=O) groups is 4. The summed E-state index contributed by atoms with van der Waals surface area (Å²) >= 11 is 0. The Morgan fingerprint density at radius 1 is 0.352 bits per heavy atom. The van der Waals surface area contributed by atoms with Crippen LogP contribution in [-0.2, 0) is 0 Å². The fourth-order valence-electron chi connectivity index (χ4n) is 9.57. The van der Waals surface area contributed by atoms with Gasteiger partial charge in [-0.1, -0.05) is 77.0 Å². The van der Waals surface area contributed by atoms with Gasteiger partial charge in [-0.25, -0.2) is 0 Å². The zero-order valence-electron chi connectivity index (χ0n) is 31.9. The van der Waals surface area contributed by atoms with Crippen LogP contribution in [0.25, 0.3) is 0 Å². The Bertz CT molecular complexity index is 1550. The van der Waals surface area contributed by atoms with Gasteiger partial charge in [0, 0.05) is 57.8 Å². The maximum atomic E-state index is 13.9. The molecule has 8 nitrogen and oxygen atoms in total. The summed E-state index contributed by atoms with van der Waals surface area (Å²) in [6, 6.07) is 22.4. The smallest absolute Gasteiger partial charge is 0.255 e. The maximum absolute atomic E-state index is 13.9. The minimum atomic E-state index is -0.262. The predicted octanol–water partition coefficient (Wildman–Crippen LogP) is 10.4. The van der Waals surface area contributed by atoms with Crippen LogP contribution in [0, 0.1) is 0 Å². The van der Waals surface area contributed by atoms with Gasteiger partial charge in [-0.05, 0) is 124 Å². The molecule has 4 fully saturated rings. The van der Waals surface area contributed by atoms with Gasteiger partial charge in [-0.3, -0.25) is 19.2 Å². The van der Waals surface area contributed by atoms with Gasteiger partial charge < -0.3 is 20.4 Å². The van der Waals surface area contributed by atoms with E-state index in [9.17, 15) is 19.2 Å². The molecule has 3 aromatic rings. The number of nitrogens with zero attached hydrogens (tertiary/aromatic N) is 2. The zero-order chi connectivity index (χ0) is 37.3. The van der Waals surface area contributed by atoms with Crippen molar-refractivity contribution in [2.45, 2.75) is 153 Å². The molecule has 8 heteroatoms. The van der Waals surface area contributed by atoms with Gasteiger partial charge in [0.2, 0.25) is 0 Å². The second-order valence-electron chi connectivity index (χ2n) is 16.2. The lowest BCUT2D eigenvalue weighted by atomic mass is 9.88. The highest BCUT2D eigenvalue weighted by Crippen LogP contribution is 2.33. The highest BCUT2D eigenvalue weighted by atomic mass is 16.2. The van der Waals surface area contributed by atoms with E-state index in [1.165, 1.54) is 77.0 Å². The van der Waals surface area contributed by atoms with Crippen LogP contribution < -0.4 is 10.6 Å². The number of anilines is 2. The van der Waals surface area contributed by atoms with Gasteiger partial charge in [0.15, 0.2) is 0 Å². The Labute approximate surface area is 321 Å². The number of nitrogens with one attached hydrogen (secondary N) is 2. The molecule has 0 heterocycles. The molecule has 54 heavy (non-hydrogen) atoms. The second-order valence-corrected chi connectivity index (χ2v) is 16.2.